The topological polar surface area (TPSA) is 23.3 Å². The molecule has 2 rings (SSSR count). The predicted molar refractivity (Wildman–Crippen MR) is 57.0 cm³/mol. The summed E-state index contributed by atoms with van der Waals surface area (Å²) in [5.74, 6) is 0.898. The van der Waals surface area contributed by atoms with Gasteiger partial charge in [-0.2, -0.15) is 0 Å². The molecule has 1 fully saturated rings. The van der Waals surface area contributed by atoms with Gasteiger partial charge in [0.05, 0.1) is 18.8 Å². The Bertz CT molecular complexity index is 275. The van der Waals surface area contributed by atoms with E-state index in [1.165, 1.54) is 25.7 Å². The van der Waals surface area contributed by atoms with Gasteiger partial charge in [0.2, 0.25) is 0 Å². The first-order chi connectivity index (χ1) is 6.88. The molecule has 2 nitrogen and oxygen atoms in total. The van der Waals surface area contributed by atoms with Gasteiger partial charge in [0.25, 0.3) is 0 Å². The summed E-state index contributed by atoms with van der Waals surface area (Å²) in [6, 6.07) is 8.54. The summed E-state index contributed by atoms with van der Waals surface area (Å²) in [6.07, 6.45) is 5.19. The standard InChI is InChI=1S/C12H16NO/c1-14-12-8-6-11(7-9-12)13-10-4-2-3-5-10/h6-10H,2-5H2,1H3. The van der Waals surface area contributed by atoms with E-state index in [0.717, 1.165) is 11.4 Å². The molecular formula is C12H16NO. The third kappa shape index (κ3) is 2.19. The van der Waals surface area contributed by atoms with E-state index >= 15 is 0 Å². The van der Waals surface area contributed by atoms with Crippen molar-refractivity contribution in [3.05, 3.63) is 24.3 Å². The Morgan fingerprint density at radius 1 is 1.14 bits per heavy atom. The molecule has 0 saturated heterocycles. The van der Waals surface area contributed by atoms with Crippen LogP contribution >= 0.6 is 0 Å². The molecule has 2 heteroatoms. The molecule has 75 valence electrons. The van der Waals surface area contributed by atoms with Crippen molar-refractivity contribution in [3.8, 4) is 5.75 Å². The Morgan fingerprint density at radius 2 is 1.79 bits per heavy atom. The zero-order valence-corrected chi connectivity index (χ0v) is 8.57. The summed E-state index contributed by atoms with van der Waals surface area (Å²) < 4.78 is 5.10. The van der Waals surface area contributed by atoms with E-state index in [1.54, 1.807) is 7.11 Å². The summed E-state index contributed by atoms with van der Waals surface area (Å²) in [7, 11) is 1.68. The molecule has 0 bridgehead atoms. The fraction of sp³-hybridized carbons (Fsp3) is 0.500. The van der Waals surface area contributed by atoms with Crippen LogP contribution in [-0.2, 0) is 0 Å². The lowest BCUT2D eigenvalue weighted by Gasteiger charge is -2.10. The van der Waals surface area contributed by atoms with Crippen LogP contribution in [0.2, 0.25) is 0 Å². The maximum absolute atomic E-state index is 5.10. The van der Waals surface area contributed by atoms with Crippen molar-refractivity contribution in [3.63, 3.8) is 0 Å². The highest BCUT2D eigenvalue weighted by molar-refractivity contribution is 5.40. The van der Waals surface area contributed by atoms with Gasteiger partial charge in [0.15, 0.2) is 0 Å². The number of benzene rings is 1. The van der Waals surface area contributed by atoms with Crippen molar-refractivity contribution in [2.24, 2.45) is 0 Å². The fourth-order valence-electron chi connectivity index (χ4n) is 1.91. The lowest BCUT2D eigenvalue weighted by atomic mass is 10.2. The Hall–Kier alpha value is -1.18. The van der Waals surface area contributed by atoms with E-state index in [9.17, 15) is 0 Å². The fourth-order valence-corrected chi connectivity index (χ4v) is 1.91. The summed E-state index contributed by atoms with van der Waals surface area (Å²) in [5, 5.41) is 4.68. The first kappa shape index (κ1) is 9.38. The minimum Gasteiger partial charge on any atom is -0.497 e. The molecule has 0 amide bonds. The van der Waals surface area contributed by atoms with E-state index < -0.39 is 0 Å². The summed E-state index contributed by atoms with van der Waals surface area (Å²) in [4.78, 5) is 0. The molecule has 1 aromatic rings. The van der Waals surface area contributed by atoms with E-state index in [4.69, 9.17) is 4.74 Å². The number of ether oxygens (including phenoxy) is 1. The van der Waals surface area contributed by atoms with Crippen LogP contribution in [0.5, 0.6) is 5.75 Å². The van der Waals surface area contributed by atoms with Crippen LogP contribution in [0.3, 0.4) is 0 Å². The summed E-state index contributed by atoms with van der Waals surface area (Å²) >= 11 is 0. The van der Waals surface area contributed by atoms with Crippen LogP contribution in [-0.4, -0.2) is 13.2 Å². The van der Waals surface area contributed by atoms with Crippen LogP contribution in [0, 0.1) is 0 Å². The van der Waals surface area contributed by atoms with Gasteiger partial charge < -0.3 is 4.74 Å². The first-order valence-electron chi connectivity index (χ1n) is 5.23. The number of nitrogens with zero attached hydrogens (tertiary/aromatic N) is 1. The van der Waals surface area contributed by atoms with Gasteiger partial charge in [-0.05, 0) is 37.1 Å². The highest BCUT2D eigenvalue weighted by Crippen LogP contribution is 2.23. The normalized spacial score (nSPS) is 16.9. The molecular weight excluding hydrogens is 174 g/mol. The molecule has 0 aliphatic heterocycles. The molecule has 1 aliphatic rings. The number of hydrogen-bond donors (Lipinski definition) is 0. The van der Waals surface area contributed by atoms with E-state index in [1.807, 2.05) is 24.3 Å². The van der Waals surface area contributed by atoms with Gasteiger partial charge in [0, 0.05) is 0 Å². The molecule has 0 unspecified atom stereocenters. The SMILES string of the molecule is COc1ccc([N]C2CCCC2)cc1. The Labute approximate surface area is 85.3 Å². The lowest BCUT2D eigenvalue weighted by Crippen LogP contribution is -2.12. The van der Waals surface area contributed by atoms with Crippen molar-refractivity contribution in [1.82, 2.24) is 5.32 Å². The minimum absolute atomic E-state index is 0.559. The Kier molecular flexibility index (Phi) is 2.92. The van der Waals surface area contributed by atoms with Gasteiger partial charge in [-0.3, -0.25) is 5.32 Å². The van der Waals surface area contributed by atoms with Crippen molar-refractivity contribution in [2.75, 3.05) is 7.11 Å². The van der Waals surface area contributed by atoms with Gasteiger partial charge in [-0.1, -0.05) is 12.8 Å². The van der Waals surface area contributed by atoms with Crippen LogP contribution in [0.4, 0.5) is 5.69 Å². The number of methoxy groups -OCH3 is 1. The lowest BCUT2D eigenvalue weighted by molar-refractivity contribution is 0.414. The second-order valence-electron chi connectivity index (χ2n) is 3.77. The van der Waals surface area contributed by atoms with E-state index in [-0.39, 0.29) is 0 Å². The van der Waals surface area contributed by atoms with Crippen LogP contribution in [0.1, 0.15) is 25.7 Å². The average molecular weight is 190 g/mol. The highest BCUT2D eigenvalue weighted by atomic mass is 16.5. The molecule has 0 heterocycles. The molecule has 14 heavy (non-hydrogen) atoms. The molecule has 1 aromatic carbocycles. The smallest absolute Gasteiger partial charge is 0.119 e. The second-order valence-corrected chi connectivity index (χ2v) is 3.77. The molecule has 0 spiro atoms. The second kappa shape index (κ2) is 4.36. The van der Waals surface area contributed by atoms with Crippen LogP contribution in [0.15, 0.2) is 24.3 Å². The zero-order chi connectivity index (χ0) is 9.80. The zero-order valence-electron chi connectivity index (χ0n) is 8.57. The maximum Gasteiger partial charge on any atom is 0.119 e. The molecule has 1 radical (unpaired) electrons. The largest absolute Gasteiger partial charge is 0.497 e. The predicted octanol–water partition coefficient (Wildman–Crippen LogP) is 2.87. The summed E-state index contributed by atoms with van der Waals surface area (Å²) in [5.41, 5.74) is 1.08. The number of hydrogen-bond acceptors (Lipinski definition) is 1. The van der Waals surface area contributed by atoms with Crippen molar-refractivity contribution >= 4 is 5.69 Å². The third-order valence-electron chi connectivity index (χ3n) is 2.73. The number of rotatable bonds is 3. The molecule has 1 aliphatic carbocycles. The third-order valence-corrected chi connectivity index (χ3v) is 2.73. The van der Waals surface area contributed by atoms with Gasteiger partial charge in [-0.25, -0.2) is 0 Å². The van der Waals surface area contributed by atoms with Crippen molar-refractivity contribution < 1.29 is 4.74 Å². The maximum atomic E-state index is 5.10. The monoisotopic (exact) mass is 190 g/mol. The van der Waals surface area contributed by atoms with E-state index in [2.05, 4.69) is 5.32 Å². The molecule has 0 atom stereocenters. The Balaban J connectivity index is 1.95. The van der Waals surface area contributed by atoms with E-state index in [0.29, 0.717) is 6.04 Å². The van der Waals surface area contributed by atoms with Crippen LogP contribution in [0.25, 0.3) is 0 Å². The Morgan fingerprint density at radius 3 is 2.36 bits per heavy atom. The van der Waals surface area contributed by atoms with Gasteiger partial charge in [-0.15, -0.1) is 0 Å². The van der Waals surface area contributed by atoms with Crippen molar-refractivity contribution in [2.45, 2.75) is 31.7 Å². The van der Waals surface area contributed by atoms with Gasteiger partial charge in [0.1, 0.15) is 5.75 Å². The average Bonchev–Trinajstić information content (AvgIpc) is 2.72. The summed E-state index contributed by atoms with van der Waals surface area (Å²) in [6.45, 7) is 0. The minimum atomic E-state index is 0.559. The quantitative estimate of drug-likeness (QED) is 0.718. The first-order valence-corrected chi connectivity index (χ1v) is 5.23. The van der Waals surface area contributed by atoms with Crippen molar-refractivity contribution in [1.29, 1.82) is 0 Å². The highest BCUT2D eigenvalue weighted by Gasteiger charge is 2.15. The molecule has 1 saturated carbocycles. The molecule has 0 N–H and O–H groups in total. The van der Waals surface area contributed by atoms with Crippen LogP contribution < -0.4 is 10.1 Å². The molecule has 0 aromatic heterocycles. The van der Waals surface area contributed by atoms with Gasteiger partial charge >= 0.3 is 0 Å².